The fourth-order valence-electron chi connectivity index (χ4n) is 3.40. The Bertz CT molecular complexity index is 866. The van der Waals surface area contributed by atoms with E-state index in [0.29, 0.717) is 12.2 Å². The SMILES string of the molecule is CCOC[C@]1(N)[C@@H](c2cccc(F)c2)[C@@H]1S(=O)(=O)c1ccc(C)cc1. The number of aryl methyl sites for hydroxylation is 1. The highest BCUT2D eigenvalue weighted by Gasteiger charge is 2.69. The minimum Gasteiger partial charge on any atom is -0.380 e. The Balaban J connectivity index is 2.01. The molecule has 1 saturated carbocycles. The number of hydrogen-bond donors (Lipinski definition) is 1. The molecule has 1 aliphatic rings. The number of rotatable bonds is 6. The lowest BCUT2D eigenvalue weighted by Gasteiger charge is -2.12. The number of sulfone groups is 1. The zero-order chi connectivity index (χ0) is 18.2. The molecule has 1 fully saturated rings. The summed E-state index contributed by atoms with van der Waals surface area (Å²) in [5.74, 6) is -0.907. The summed E-state index contributed by atoms with van der Waals surface area (Å²) in [6.07, 6.45) is 0. The summed E-state index contributed by atoms with van der Waals surface area (Å²) in [5, 5.41) is -0.837. The van der Waals surface area contributed by atoms with Crippen LogP contribution in [0.3, 0.4) is 0 Å². The molecule has 0 saturated heterocycles. The third-order valence-electron chi connectivity index (χ3n) is 4.75. The smallest absolute Gasteiger partial charge is 0.183 e. The summed E-state index contributed by atoms with van der Waals surface area (Å²) < 4.78 is 45.3. The average molecular weight is 363 g/mol. The molecule has 0 aromatic heterocycles. The van der Waals surface area contributed by atoms with Crippen LogP contribution in [0.25, 0.3) is 0 Å². The first-order valence-electron chi connectivity index (χ1n) is 8.23. The average Bonchev–Trinajstić information content (AvgIpc) is 3.20. The molecule has 4 nitrogen and oxygen atoms in total. The van der Waals surface area contributed by atoms with Crippen LogP contribution in [0.4, 0.5) is 4.39 Å². The maximum Gasteiger partial charge on any atom is 0.183 e. The van der Waals surface area contributed by atoms with Crippen molar-refractivity contribution in [2.75, 3.05) is 13.2 Å². The summed E-state index contributed by atoms with van der Waals surface area (Å²) in [7, 11) is -3.66. The second kappa shape index (κ2) is 6.52. The van der Waals surface area contributed by atoms with Gasteiger partial charge in [-0.15, -0.1) is 0 Å². The molecule has 2 N–H and O–H groups in total. The van der Waals surface area contributed by atoms with Crippen LogP contribution in [-0.2, 0) is 14.6 Å². The first-order chi connectivity index (χ1) is 11.8. The van der Waals surface area contributed by atoms with Crippen LogP contribution in [0.15, 0.2) is 53.4 Å². The van der Waals surface area contributed by atoms with Crippen molar-refractivity contribution in [3.05, 3.63) is 65.5 Å². The Morgan fingerprint density at radius 3 is 2.48 bits per heavy atom. The molecule has 6 heteroatoms. The third kappa shape index (κ3) is 3.21. The van der Waals surface area contributed by atoms with Crippen molar-refractivity contribution in [2.24, 2.45) is 5.73 Å². The summed E-state index contributed by atoms with van der Waals surface area (Å²) in [4.78, 5) is 0.230. The summed E-state index contributed by atoms with van der Waals surface area (Å²) in [5.41, 5.74) is 6.93. The molecule has 0 heterocycles. The molecule has 0 spiro atoms. The van der Waals surface area contributed by atoms with E-state index in [1.165, 1.54) is 12.1 Å². The van der Waals surface area contributed by atoms with E-state index >= 15 is 0 Å². The molecule has 0 amide bonds. The van der Waals surface area contributed by atoms with Gasteiger partial charge in [-0.05, 0) is 43.7 Å². The van der Waals surface area contributed by atoms with Gasteiger partial charge in [-0.1, -0.05) is 29.8 Å². The Morgan fingerprint density at radius 2 is 1.88 bits per heavy atom. The summed E-state index contributed by atoms with van der Waals surface area (Å²) in [6, 6.07) is 12.7. The van der Waals surface area contributed by atoms with Crippen LogP contribution in [0, 0.1) is 12.7 Å². The summed E-state index contributed by atoms with van der Waals surface area (Å²) >= 11 is 0. The van der Waals surface area contributed by atoms with E-state index in [1.54, 1.807) is 36.4 Å². The number of nitrogens with two attached hydrogens (primary N) is 1. The second-order valence-corrected chi connectivity index (χ2v) is 8.63. The van der Waals surface area contributed by atoms with Gasteiger partial charge >= 0.3 is 0 Å². The molecule has 3 atom stereocenters. The van der Waals surface area contributed by atoms with Crippen LogP contribution in [-0.4, -0.2) is 32.4 Å². The molecule has 2 aromatic carbocycles. The zero-order valence-corrected chi connectivity index (χ0v) is 15.1. The second-order valence-electron chi connectivity index (χ2n) is 6.56. The van der Waals surface area contributed by atoms with Gasteiger partial charge in [-0.25, -0.2) is 12.8 Å². The molecule has 0 radical (unpaired) electrons. The highest BCUT2D eigenvalue weighted by molar-refractivity contribution is 7.92. The van der Waals surface area contributed by atoms with Crippen molar-refractivity contribution in [3.63, 3.8) is 0 Å². The molecule has 1 aliphatic carbocycles. The molecule has 25 heavy (non-hydrogen) atoms. The molecule has 3 rings (SSSR count). The van der Waals surface area contributed by atoms with Crippen LogP contribution < -0.4 is 5.73 Å². The van der Waals surface area contributed by atoms with E-state index in [2.05, 4.69) is 0 Å². The van der Waals surface area contributed by atoms with E-state index in [0.717, 1.165) is 5.56 Å². The lowest BCUT2D eigenvalue weighted by Crippen LogP contribution is -2.36. The van der Waals surface area contributed by atoms with Crippen molar-refractivity contribution in [1.82, 2.24) is 0 Å². The van der Waals surface area contributed by atoms with Gasteiger partial charge in [0.05, 0.1) is 22.3 Å². The molecule has 0 unspecified atom stereocenters. The maximum absolute atomic E-state index is 13.6. The van der Waals surface area contributed by atoms with Gasteiger partial charge in [0.25, 0.3) is 0 Å². The predicted octanol–water partition coefficient (Wildman–Crippen LogP) is 2.81. The van der Waals surface area contributed by atoms with E-state index in [1.807, 2.05) is 13.8 Å². The molecule has 2 aromatic rings. The van der Waals surface area contributed by atoms with Gasteiger partial charge in [-0.3, -0.25) is 0 Å². The van der Waals surface area contributed by atoms with Gasteiger partial charge < -0.3 is 10.5 Å². The van der Waals surface area contributed by atoms with Crippen molar-refractivity contribution in [3.8, 4) is 0 Å². The van der Waals surface area contributed by atoms with Crippen molar-refractivity contribution >= 4 is 9.84 Å². The molecular formula is C19H22FNO3S. The molecule has 134 valence electrons. The van der Waals surface area contributed by atoms with E-state index in [4.69, 9.17) is 10.5 Å². The third-order valence-corrected chi connectivity index (χ3v) is 7.06. The van der Waals surface area contributed by atoms with Gasteiger partial charge in [0.15, 0.2) is 9.84 Å². The topological polar surface area (TPSA) is 69.4 Å². The fraction of sp³-hybridized carbons (Fsp3) is 0.368. The Kier molecular flexibility index (Phi) is 4.70. The van der Waals surface area contributed by atoms with Crippen LogP contribution in [0.1, 0.15) is 24.0 Å². The van der Waals surface area contributed by atoms with Gasteiger partial charge in [0.2, 0.25) is 0 Å². The number of hydrogen-bond acceptors (Lipinski definition) is 4. The monoisotopic (exact) mass is 363 g/mol. The fourth-order valence-corrected chi connectivity index (χ4v) is 5.69. The minimum atomic E-state index is -3.66. The lowest BCUT2D eigenvalue weighted by atomic mass is 10.1. The maximum atomic E-state index is 13.6. The van der Waals surface area contributed by atoms with Crippen LogP contribution >= 0.6 is 0 Å². The van der Waals surface area contributed by atoms with Crippen LogP contribution in [0.2, 0.25) is 0 Å². The van der Waals surface area contributed by atoms with Crippen molar-refractivity contribution in [1.29, 1.82) is 0 Å². The van der Waals surface area contributed by atoms with Gasteiger partial charge in [-0.2, -0.15) is 0 Å². The normalized spacial score (nSPS) is 25.8. The largest absolute Gasteiger partial charge is 0.380 e. The lowest BCUT2D eigenvalue weighted by molar-refractivity contribution is 0.125. The minimum absolute atomic E-state index is 0.112. The Labute approximate surface area is 147 Å². The first kappa shape index (κ1) is 18.0. The molecule has 0 bridgehead atoms. The van der Waals surface area contributed by atoms with Crippen molar-refractivity contribution < 1.29 is 17.5 Å². The van der Waals surface area contributed by atoms with Gasteiger partial charge in [0.1, 0.15) is 5.82 Å². The van der Waals surface area contributed by atoms with E-state index in [-0.39, 0.29) is 11.5 Å². The Morgan fingerprint density at radius 1 is 1.20 bits per heavy atom. The highest BCUT2D eigenvalue weighted by Crippen LogP contribution is 2.55. The number of halogens is 1. The molecular weight excluding hydrogens is 341 g/mol. The first-order valence-corrected chi connectivity index (χ1v) is 9.78. The molecule has 0 aliphatic heterocycles. The number of benzene rings is 2. The predicted molar refractivity (Wildman–Crippen MR) is 94.7 cm³/mol. The zero-order valence-electron chi connectivity index (χ0n) is 14.3. The van der Waals surface area contributed by atoms with Crippen LogP contribution in [0.5, 0.6) is 0 Å². The van der Waals surface area contributed by atoms with Gasteiger partial charge in [0, 0.05) is 12.5 Å². The van der Waals surface area contributed by atoms with E-state index < -0.39 is 32.4 Å². The van der Waals surface area contributed by atoms with Crippen molar-refractivity contribution in [2.45, 2.75) is 35.4 Å². The standard InChI is InChI=1S/C19H22FNO3S/c1-3-24-12-19(21)17(14-5-4-6-15(20)11-14)18(19)25(22,23)16-9-7-13(2)8-10-16/h4-11,17-18H,3,12,21H2,1-2H3/t17-,18-,19-/m0/s1. The quantitative estimate of drug-likeness (QED) is 0.857. The summed E-state index contributed by atoms with van der Waals surface area (Å²) in [6.45, 7) is 4.27. The Hall–Kier alpha value is -1.76. The highest BCUT2D eigenvalue weighted by atomic mass is 32.2. The number of ether oxygens (including phenoxy) is 1. The van der Waals surface area contributed by atoms with E-state index in [9.17, 15) is 12.8 Å².